The van der Waals surface area contributed by atoms with E-state index in [-0.39, 0.29) is 11.8 Å². The number of thioether (sulfide) groups is 1. The third-order valence-corrected chi connectivity index (χ3v) is 6.67. The van der Waals surface area contributed by atoms with Crippen molar-refractivity contribution in [3.63, 3.8) is 0 Å². The number of benzene rings is 1. The minimum atomic E-state index is -0.214. The van der Waals surface area contributed by atoms with E-state index in [4.69, 9.17) is 9.47 Å². The molecular formula is C22H25N5O4S2. The molecule has 33 heavy (non-hydrogen) atoms. The summed E-state index contributed by atoms with van der Waals surface area (Å²) in [6, 6.07) is 5.74. The summed E-state index contributed by atoms with van der Waals surface area (Å²) in [5.41, 5.74) is 1.73. The molecule has 0 unspecified atom stereocenters. The Morgan fingerprint density at radius 3 is 2.97 bits per heavy atom. The van der Waals surface area contributed by atoms with Crippen LogP contribution in [0.2, 0.25) is 0 Å². The zero-order valence-electron chi connectivity index (χ0n) is 18.4. The summed E-state index contributed by atoms with van der Waals surface area (Å²) in [4.78, 5) is 35.8. The van der Waals surface area contributed by atoms with Crippen LogP contribution >= 0.6 is 23.1 Å². The summed E-state index contributed by atoms with van der Waals surface area (Å²) in [6.07, 6.45) is 3.36. The molecule has 0 saturated carbocycles. The van der Waals surface area contributed by atoms with Gasteiger partial charge in [-0.1, -0.05) is 11.3 Å². The van der Waals surface area contributed by atoms with Crippen LogP contribution in [-0.2, 0) is 14.3 Å². The van der Waals surface area contributed by atoms with Gasteiger partial charge < -0.3 is 20.1 Å². The van der Waals surface area contributed by atoms with Crippen LogP contribution in [-0.4, -0.2) is 66.3 Å². The Bertz CT molecular complexity index is 1090. The lowest BCUT2D eigenvalue weighted by molar-refractivity contribution is -0.115. The Balaban J connectivity index is 1.36. The van der Waals surface area contributed by atoms with Gasteiger partial charge in [-0.2, -0.15) is 0 Å². The first-order valence-electron chi connectivity index (χ1n) is 10.5. The number of nitrogens with one attached hydrogen (secondary N) is 2. The molecule has 3 heterocycles. The highest BCUT2D eigenvalue weighted by Crippen LogP contribution is 2.31. The molecular weight excluding hydrogens is 462 g/mol. The minimum absolute atomic E-state index is 0.185. The zero-order valence-corrected chi connectivity index (χ0v) is 20.1. The fraction of sp³-hybridized carbons (Fsp3) is 0.364. The lowest BCUT2D eigenvalue weighted by atomic mass is 10.2. The van der Waals surface area contributed by atoms with Gasteiger partial charge in [0.25, 0.3) is 5.91 Å². The van der Waals surface area contributed by atoms with Crippen LogP contribution in [0.25, 0.3) is 6.08 Å². The molecule has 2 aliphatic heterocycles. The molecule has 2 N–H and O–H groups in total. The first-order valence-corrected chi connectivity index (χ1v) is 12.2. The van der Waals surface area contributed by atoms with E-state index in [2.05, 4.69) is 25.5 Å². The van der Waals surface area contributed by atoms with Crippen molar-refractivity contribution < 1.29 is 19.1 Å². The highest BCUT2D eigenvalue weighted by atomic mass is 32.2. The summed E-state index contributed by atoms with van der Waals surface area (Å²) in [5.74, 6) is 0.400. The van der Waals surface area contributed by atoms with E-state index >= 15 is 0 Å². The number of rotatable bonds is 7. The van der Waals surface area contributed by atoms with Crippen molar-refractivity contribution in [2.24, 2.45) is 4.99 Å². The lowest BCUT2D eigenvalue weighted by Crippen LogP contribution is -2.38. The number of morpholine rings is 1. The van der Waals surface area contributed by atoms with Gasteiger partial charge in [-0.25, -0.2) is 9.98 Å². The summed E-state index contributed by atoms with van der Waals surface area (Å²) in [6.45, 7) is 8.33. The average molecular weight is 488 g/mol. The zero-order chi connectivity index (χ0) is 23.2. The number of aryl methyl sites for hydroxylation is 1. The molecule has 4 rings (SSSR count). The first-order chi connectivity index (χ1) is 16.0. The van der Waals surface area contributed by atoms with Crippen LogP contribution in [0.5, 0.6) is 5.75 Å². The SMILES string of the molecule is CC(=O)Nc1ncc(/C=C2\S/C(=N\c3ccc(OCCN4CCOCC4)cc3C)NC2=O)s1. The molecule has 11 heteroatoms. The number of carbonyl (C=O) groups is 2. The molecule has 9 nitrogen and oxygen atoms in total. The van der Waals surface area contributed by atoms with Crippen LogP contribution in [0.15, 0.2) is 34.3 Å². The van der Waals surface area contributed by atoms with Crippen LogP contribution < -0.4 is 15.4 Å². The molecule has 0 bridgehead atoms. The van der Waals surface area contributed by atoms with Crippen molar-refractivity contribution in [1.82, 2.24) is 15.2 Å². The molecule has 1 aromatic carbocycles. The van der Waals surface area contributed by atoms with Crippen LogP contribution in [0, 0.1) is 6.92 Å². The van der Waals surface area contributed by atoms with Crippen molar-refractivity contribution in [1.29, 1.82) is 0 Å². The highest BCUT2D eigenvalue weighted by molar-refractivity contribution is 8.18. The van der Waals surface area contributed by atoms with Crippen molar-refractivity contribution >= 4 is 57.0 Å². The molecule has 1 aromatic heterocycles. The molecule has 0 aliphatic carbocycles. The number of anilines is 1. The summed E-state index contributed by atoms with van der Waals surface area (Å²) in [5, 5.41) is 6.44. The van der Waals surface area contributed by atoms with Crippen LogP contribution in [0.1, 0.15) is 17.4 Å². The molecule has 2 amide bonds. The van der Waals surface area contributed by atoms with E-state index in [1.165, 1.54) is 30.0 Å². The van der Waals surface area contributed by atoms with E-state index in [0.29, 0.717) is 21.8 Å². The van der Waals surface area contributed by atoms with E-state index in [1.54, 1.807) is 12.3 Å². The number of amides is 2. The van der Waals surface area contributed by atoms with Crippen molar-refractivity contribution in [2.45, 2.75) is 13.8 Å². The summed E-state index contributed by atoms with van der Waals surface area (Å²) >= 11 is 2.57. The molecule has 2 aromatic rings. The van der Waals surface area contributed by atoms with Gasteiger partial charge in [0, 0.05) is 32.8 Å². The number of aromatic nitrogens is 1. The van der Waals surface area contributed by atoms with Gasteiger partial charge in [0.05, 0.1) is 28.7 Å². The third kappa shape index (κ3) is 6.64. The van der Waals surface area contributed by atoms with Gasteiger partial charge in [0.2, 0.25) is 5.91 Å². The number of thiazole rings is 1. The lowest BCUT2D eigenvalue weighted by Gasteiger charge is -2.26. The van der Waals surface area contributed by atoms with E-state index in [0.717, 1.165) is 54.7 Å². The quantitative estimate of drug-likeness (QED) is 0.579. The van der Waals surface area contributed by atoms with Gasteiger partial charge >= 0.3 is 0 Å². The molecule has 2 aliphatic rings. The Hall–Kier alpha value is -2.73. The van der Waals surface area contributed by atoms with Crippen LogP contribution in [0.4, 0.5) is 10.8 Å². The predicted molar refractivity (Wildman–Crippen MR) is 131 cm³/mol. The van der Waals surface area contributed by atoms with Gasteiger partial charge in [0.15, 0.2) is 10.3 Å². The Kier molecular flexibility index (Phi) is 7.76. The molecule has 174 valence electrons. The van der Waals surface area contributed by atoms with Crippen molar-refractivity contribution in [3.8, 4) is 5.75 Å². The predicted octanol–water partition coefficient (Wildman–Crippen LogP) is 3.01. The second-order valence-electron chi connectivity index (χ2n) is 7.48. The first kappa shape index (κ1) is 23.4. The Labute approximate surface area is 200 Å². The number of amidine groups is 1. The van der Waals surface area contributed by atoms with Gasteiger partial charge in [-0.3, -0.25) is 14.5 Å². The number of ether oxygens (including phenoxy) is 2. The topological polar surface area (TPSA) is 105 Å². The van der Waals surface area contributed by atoms with E-state index in [1.807, 2.05) is 25.1 Å². The second kappa shape index (κ2) is 10.9. The highest BCUT2D eigenvalue weighted by Gasteiger charge is 2.24. The number of aliphatic imine (C=N–C) groups is 1. The standard InChI is InChI=1S/C22H25N5O4S2/c1-14-11-16(31-10-7-27-5-8-30-9-6-27)3-4-18(14)25-22-26-20(29)19(33-22)12-17-13-23-21(32-17)24-15(2)28/h3-4,11-13H,5-10H2,1-2H3,(H,23,24,28)(H,25,26,29)/b19-12-. The third-order valence-electron chi connectivity index (χ3n) is 4.90. The molecule has 2 saturated heterocycles. The largest absolute Gasteiger partial charge is 0.492 e. The molecule has 0 atom stereocenters. The minimum Gasteiger partial charge on any atom is -0.492 e. The number of carbonyl (C=O) groups excluding carboxylic acids is 2. The molecule has 0 spiro atoms. The van der Waals surface area contributed by atoms with E-state index in [9.17, 15) is 9.59 Å². The normalized spacial score (nSPS) is 19.2. The van der Waals surface area contributed by atoms with Gasteiger partial charge in [-0.15, -0.1) is 0 Å². The number of nitrogens with zero attached hydrogens (tertiary/aromatic N) is 3. The number of hydrogen-bond donors (Lipinski definition) is 2. The number of hydrogen-bond acceptors (Lipinski definition) is 9. The summed E-state index contributed by atoms with van der Waals surface area (Å²) < 4.78 is 11.3. The smallest absolute Gasteiger partial charge is 0.264 e. The van der Waals surface area contributed by atoms with Crippen LogP contribution in [0.3, 0.4) is 0 Å². The van der Waals surface area contributed by atoms with E-state index < -0.39 is 0 Å². The maximum absolute atomic E-state index is 12.4. The molecule has 2 fully saturated rings. The van der Waals surface area contributed by atoms with Crippen molar-refractivity contribution in [2.75, 3.05) is 44.8 Å². The summed E-state index contributed by atoms with van der Waals surface area (Å²) in [7, 11) is 0. The monoisotopic (exact) mass is 487 g/mol. The Morgan fingerprint density at radius 2 is 2.21 bits per heavy atom. The Morgan fingerprint density at radius 1 is 1.39 bits per heavy atom. The fourth-order valence-corrected chi connectivity index (χ4v) is 4.95. The maximum Gasteiger partial charge on any atom is 0.264 e. The maximum atomic E-state index is 12.4. The second-order valence-corrected chi connectivity index (χ2v) is 9.57. The van der Waals surface area contributed by atoms with Gasteiger partial charge in [-0.05, 0) is 48.5 Å². The van der Waals surface area contributed by atoms with Gasteiger partial charge in [0.1, 0.15) is 12.4 Å². The fourth-order valence-electron chi connectivity index (χ4n) is 3.24. The molecule has 0 radical (unpaired) electrons. The van der Waals surface area contributed by atoms with Crippen molar-refractivity contribution in [3.05, 3.63) is 39.7 Å². The average Bonchev–Trinajstić information content (AvgIpc) is 3.36.